The Morgan fingerprint density at radius 1 is 1.43 bits per heavy atom. The van der Waals surface area contributed by atoms with Crippen LogP contribution in [0.3, 0.4) is 0 Å². The van der Waals surface area contributed by atoms with Gasteiger partial charge < -0.3 is 14.6 Å². The van der Waals surface area contributed by atoms with E-state index in [4.69, 9.17) is 4.74 Å². The van der Waals surface area contributed by atoms with Crippen LogP contribution in [0.1, 0.15) is 53.3 Å². The summed E-state index contributed by atoms with van der Waals surface area (Å²) in [7, 11) is 0. The molecule has 1 rings (SSSR count). The van der Waals surface area contributed by atoms with Gasteiger partial charge in [0.05, 0.1) is 23.8 Å². The van der Waals surface area contributed by atoms with Crippen LogP contribution in [0.2, 0.25) is 0 Å². The van der Waals surface area contributed by atoms with Crippen LogP contribution in [0.5, 0.6) is 0 Å². The highest BCUT2D eigenvalue weighted by Crippen LogP contribution is 2.24. The van der Waals surface area contributed by atoms with Crippen LogP contribution in [0.25, 0.3) is 0 Å². The fourth-order valence-electron chi connectivity index (χ4n) is 2.08. The van der Waals surface area contributed by atoms with Gasteiger partial charge in [-0.1, -0.05) is 0 Å². The first-order valence-electron chi connectivity index (χ1n) is 7.09. The number of aromatic nitrogens is 2. The van der Waals surface area contributed by atoms with E-state index in [2.05, 4.69) is 28.0 Å². The Kier molecular flexibility index (Phi) is 5.73. The lowest BCUT2D eigenvalue weighted by Crippen LogP contribution is -2.45. The minimum Gasteiger partial charge on any atom is -0.444 e. The number of nitrogens with one attached hydrogen (secondary N) is 1. The summed E-state index contributed by atoms with van der Waals surface area (Å²) in [6, 6.07) is 0.317. The molecule has 0 spiro atoms. The zero-order chi connectivity index (χ0) is 16.3. The Hall–Kier alpha value is -1.17. The van der Waals surface area contributed by atoms with Crippen LogP contribution >= 0.6 is 11.8 Å². The topological polar surface area (TPSA) is 56.2 Å². The van der Waals surface area contributed by atoms with Gasteiger partial charge >= 0.3 is 6.09 Å². The average molecular weight is 313 g/mol. The van der Waals surface area contributed by atoms with Crippen molar-refractivity contribution in [2.24, 2.45) is 0 Å². The molecule has 0 aliphatic heterocycles. The molecule has 1 N–H and O–H groups in total. The van der Waals surface area contributed by atoms with E-state index in [1.165, 1.54) is 0 Å². The van der Waals surface area contributed by atoms with Crippen molar-refractivity contribution in [1.82, 2.24) is 14.9 Å². The molecule has 0 aliphatic carbocycles. The first-order chi connectivity index (χ1) is 9.57. The number of rotatable bonds is 5. The second kappa shape index (κ2) is 6.73. The summed E-state index contributed by atoms with van der Waals surface area (Å²) in [5, 5.41) is 2.92. The number of hydrogen-bond donors (Lipinski definition) is 1. The summed E-state index contributed by atoms with van der Waals surface area (Å²) >= 11 is 1.79. The van der Waals surface area contributed by atoms with Crippen molar-refractivity contribution in [3.63, 3.8) is 0 Å². The Morgan fingerprint density at radius 2 is 2.05 bits per heavy atom. The maximum Gasteiger partial charge on any atom is 0.408 e. The third-order valence-corrected chi connectivity index (χ3v) is 3.82. The van der Waals surface area contributed by atoms with Gasteiger partial charge in [-0.2, -0.15) is 11.8 Å². The summed E-state index contributed by atoms with van der Waals surface area (Å²) in [5.41, 5.74) is -0.0900. The van der Waals surface area contributed by atoms with Crippen LogP contribution in [0.4, 0.5) is 4.79 Å². The first kappa shape index (κ1) is 17.9. The molecule has 0 saturated carbocycles. The minimum absolute atomic E-state index is 0.317. The number of imidazole rings is 1. The van der Waals surface area contributed by atoms with E-state index in [9.17, 15) is 4.79 Å². The second-order valence-electron chi connectivity index (χ2n) is 6.74. The fraction of sp³-hybridized carbons (Fsp3) is 0.733. The van der Waals surface area contributed by atoms with Gasteiger partial charge in [-0.05, 0) is 47.8 Å². The molecular formula is C15H27N3O2S. The number of nitrogens with zero attached hydrogens (tertiary/aromatic N) is 2. The number of carbonyl (C=O) groups excluding carboxylic acids is 1. The van der Waals surface area contributed by atoms with E-state index in [0.29, 0.717) is 6.04 Å². The zero-order valence-corrected chi connectivity index (χ0v) is 14.9. The summed E-state index contributed by atoms with van der Waals surface area (Å²) in [6.45, 7) is 11.6. The van der Waals surface area contributed by atoms with E-state index < -0.39 is 17.2 Å². The fourth-order valence-corrected chi connectivity index (χ4v) is 2.73. The molecule has 1 amide bonds. The molecule has 0 saturated heterocycles. The molecule has 1 unspecified atom stereocenters. The number of alkyl carbamates (subject to hydrolysis) is 1. The van der Waals surface area contributed by atoms with Gasteiger partial charge in [-0.15, -0.1) is 0 Å². The third kappa shape index (κ3) is 5.26. The number of carbonyl (C=O) groups is 1. The van der Waals surface area contributed by atoms with Gasteiger partial charge in [-0.3, -0.25) is 0 Å². The number of thioether (sulfide) groups is 1. The second-order valence-corrected chi connectivity index (χ2v) is 7.65. The Bertz CT molecular complexity index is 478. The van der Waals surface area contributed by atoms with E-state index in [0.717, 1.165) is 11.4 Å². The predicted molar refractivity (Wildman–Crippen MR) is 87.7 cm³/mol. The van der Waals surface area contributed by atoms with E-state index in [1.807, 2.05) is 40.9 Å². The largest absolute Gasteiger partial charge is 0.444 e. The van der Waals surface area contributed by atoms with Crippen LogP contribution < -0.4 is 5.32 Å². The lowest BCUT2D eigenvalue weighted by Gasteiger charge is -2.30. The van der Waals surface area contributed by atoms with Gasteiger partial charge in [0.2, 0.25) is 0 Å². The van der Waals surface area contributed by atoms with Crippen molar-refractivity contribution in [1.29, 1.82) is 0 Å². The van der Waals surface area contributed by atoms with Gasteiger partial charge in [0.1, 0.15) is 5.60 Å². The van der Waals surface area contributed by atoms with E-state index >= 15 is 0 Å². The van der Waals surface area contributed by atoms with Gasteiger partial charge in [-0.25, -0.2) is 9.78 Å². The summed E-state index contributed by atoms with van der Waals surface area (Å²) < 4.78 is 7.44. The SMILES string of the molecule is CSCC(C)n1cncc1C(C)(C)NC(=O)OC(C)(C)C. The molecule has 21 heavy (non-hydrogen) atoms. The highest BCUT2D eigenvalue weighted by Gasteiger charge is 2.30. The van der Waals surface area contributed by atoms with Crippen LogP contribution in [0.15, 0.2) is 12.5 Å². The maximum absolute atomic E-state index is 12.0. The molecule has 0 bridgehead atoms. The normalized spacial score (nSPS) is 13.9. The molecule has 0 fully saturated rings. The number of ether oxygens (including phenoxy) is 1. The quantitative estimate of drug-likeness (QED) is 0.903. The van der Waals surface area contributed by atoms with E-state index in [1.54, 1.807) is 18.0 Å². The number of hydrogen-bond acceptors (Lipinski definition) is 4. The highest BCUT2D eigenvalue weighted by atomic mass is 32.2. The van der Waals surface area contributed by atoms with Crippen molar-refractivity contribution < 1.29 is 9.53 Å². The van der Waals surface area contributed by atoms with Crippen molar-refractivity contribution >= 4 is 17.9 Å². The van der Waals surface area contributed by atoms with Crippen molar-refractivity contribution in [3.8, 4) is 0 Å². The number of amides is 1. The van der Waals surface area contributed by atoms with Crippen molar-refractivity contribution in [2.45, 2.75) is 58.7 Å². The smallest absolute Gasteiger partial charge is 0.408 e. The summed E-state index contributed by atoms with van der Waals surface area (Å²) in [6.07, 6.45) is 5.28. The first-order valence-corrected chi connectivity index (χ1v) is 8.48. The molecule has 0 radical (unpaired) electrons. The summed E-state index contributed by atoms with van der Waals surface area (Å²) in [4.78, 5) is 16.2. The molecule has 120 valence electrons. The molecule has 0 aromatic carbocycles. The van der Waals surface area contributed by atoms with Crippen molar-refractivity contribution in [3.05, 3.63) is 18.2 Å². The van der Waals surface area contributed by atoms with Crippen molar-refractivity contribution in [2.75, 3.05) is 12.0 Å². The predicted octanol–water partition coefficient (Wildman–Crippen LogP) is 3.57. The Balaban J connectivity index is 2.88. The lowest BCUT2D eigenvalue weighted by atomic mass is 10.0. The molecule has 0 aliphatic rings. The van der Waals surface area contributed by atoms with Crippen LogP contribution in [0, 0.1) is 0 Å². The monoisotopic (exact) mass is 313 g/mol. The van der Waals surface area contributed by atoms with Gasteiger partial charge in [0, 0.05) is 11.8 Å². The molecular weight excluding hydrogens is 286 g/mol. The molecule has 1 heterocycles. The lowest BCUT2D eigenvalue weighted by molar-refractivity contribution is 0.0466. The standard InChI is InChI=1S/C15H27N3O2S/c1-11(9-21-7)18-10-16-8-12(18)15(5,6)17-13(19)20-14(2,3)4/h8,10-11H,9H2,1-7H3,(H,17,19). The van der Waals surface area contributed by atoms with Gasteiger partial charge in [0.25, 0.3) is 0 Å². The van der Waals surface area contributed by atoms with Crippen LogP contribution in [-0.2, 0) is 10.3 Å². The zero-order valence-electron chi connectivity index (χ0n) is 14.1. The highest BCUT2D eigenvalue weighted by molar-refractivity contribution is 7.98. The Morgan fingerprint density at radius 3 is 2.57 bits per heavy atom. The minimum atomic E-state index is -0.550. The van der Waals surface area contributed by atoms with Crippen LogP contribution in [-0.4, -0.2) is 33.3 Å². The average Bonchev–Trinajstić information content (AvgIpc) is 2.74. The van der Waals surface area contributed by atoms with Gasteiger partial charge in [0.15, 0.2) is 0 Å². The summed E-state index contributed by atoms with van der Waals surface area (Å²) in [5.74, 6) is 0.992. The molecule has 5 nitrogen and oxygen atoms in total. The molecule has 1 aromatic rings. The maximum atomic E-state index is 12.0. The van der Waals surface area contributed by atoms with E-state index in [-0.39, 0.29) is 0 Å². The molecule has 1 aromatic heterocycles. The molecule has 1 atom stereocenters. The molecule has 6 heteroatoms. The Labute approximate surface area is 131 Å². The third-order valence-electron chi connectivity index (χ3n) is 3.00.